The van der Waals surface area contributed by atoms with Gasteiger partial charge < -0.3 is 12.3 Å². The number of benzene rings is 1. The smallest absolute Gasteiger partial charge is 0.415 e. The lowest BCUT2D eigenvalue weighted by atomic mass is 10.4. The van der Waals surface area contributed by atoms with Crippen molar-refractivity contribution in [1.29, 1.82) is 0 Å². The molecule has 0 aliphatic heterocycles. The summed E-state index contributed by atoms with van der Waals surface area (Å²) in [5.74, 6) is 0. The Morgan fingerprint density at radius 3 is 1.36 bits per heavy atom. The van der Waals surface area contributed by atoms with Crippen LogP contribution in [0.2, 0.25) is 0 Å². The minimum absolute atomic E-state index is 0.826. The van der Waals surface area contributed by atoms with Gasteiger partial charge in [0.25, 0.3) is 0 Å². The Morgan fingerprint density at radius 1 is 0.680 bits per heavy atom. The molecule has 0 radical (unpaired) electrons. The van der Waals surface area contributed by atoms with E-state index in [1.54, 1.807) is 0 Å². The van der Waals surface area contributed by atoms with E-state index in [0.717, 1.165) is 5.19 Å². The maximum Gasteiger partial charge on any atom is 0.505 e. The van der Waals surface area contributed by atoms with Gasteiger partial charge >= 0.3 is 8.80 Å². The van der Waals surface area contributed by atoms with Crippen molar-refractivity contribution < 1.29 is 12.3 Å². The Kier molecular flexibility index (Phi) is 10.4. The molecule has 0 saturated heterocycles. The van der Waals surface area contributed by atoms with E-state index in [9.17, 15) is 0 Å². The van der Waals surface area contributed by atoms with Gasteiger partial charge in [0.2, 0.25) is 0 Å². The van der Waals surface area contributed by atoms with Gasteiger partial charge in [-0.05, 0) is 41.5 Å². The van der Waals surface area contributed by atoms with Gasteiger partial charge in [0.15, 0.2) is 29.3 Å². The molecule has 0 spiro atoms. The molecule has 0 N–H and O–H groups in total. The molecular formula is C18H32O3Si4. The molecule has 0 unspecified atom stereocenters. The van der Waals surface area contributed by atoms with Crippen molar-refractivity contribution in [3.05, 3.63) is 64.1 Å². The van der Waals surface area contributed by atoms with Gasteiger partial charge in [0.05, 0.1) is 0 Å². The lowest BCUT2D eigenvalue weighted by Crippen LogP contribution is -2.58. The first-order valence-corrected chi connectivity index (χ1v) is 14.6. The monoisotopic (exact) mass is 408 g/mol. The Morgan fingerprint density at radius 2 is 1.04 bits per heavy atom. The molecule has 0 aliphatic carbocycles. The van der Waals surface area contributed by atoms with E-state index in [2.05, 4.69) is 70.8 Å². The van der Waals surface area contributed by atoms with Crippen LogP contribution in [0.5, 0.6) is 0 Å². The lowest BCUT2D eigenvalue weighted by Gasteiger charge is -2.30. The lowest BCUT2D eigenvalue weighted by molar-refractivity contribution is 0.308. The molecule has 0 aromatic heterocycles. The van der Waals surface area contributed by atoms with E-state index < -0.39 is 38.1 Å². The molecule has 138 valence electrons. The van der Waals surface area contributed by atoms with Crippen molar-refractivity contribution >= 4 is 43.3 Å². The second kappa shape index (κ2) is 11.7. The van der Waals surface area contributed by atoms with E-state index in [1.165, 1.54) is 16.7 Å². The first kappa shape index (κ1) is 22.2. The van der Waals surface area contributed by atoms with Crippen molar-refractivity contribution in [2.24, 2.45) is 0 Å². The summed E-state index contributed by atoms with van der Waals surface area (Å²) in [7, 11) is -5.30. The van der Waals surface area contributed by atoms with Crippen LogP contribution in [0.4, 0.5) is 0 Å². The van der Waals surface area contributed by atoms with Crippen LogP contribution in [-0.4, -0.2) is 38.1 Å². The topological polar surface area (TPSA) is 27.7 Å². The van der Waals surface area contributed by atoms with Gasteiger partial charge in [-0.25, -0.2) is 0 Å². The highest BCUT2D eigenvalue weighted by Crippen LogP contribution is 2.11. The standard InChI is InChI=1S/C18H32O3Si4/c1-15(2)12-22-19-25(20-23-13-16(3)4,21-24-14-17(5)6)18-10-8-7-9-11-18/h7-14H,22-24H2,1-6H3. The van der Waals surface area contributed by atoms with Crippen molar-refractivity contribution in [2.75, 3.05) is 0 Å². The van der Waals surface area contributed by atoms with Crippen LogP contribution in [0.1, 0.15) is 41.5 Å². The van der Waals surface area contributed by atoms with Gasteiger partial charge in [0, 0.05) is 5.19 Å². The van der Waals surface area contributed by atoms with E-state index in [0.29, 0.717) is 0 Å². The van der Waals surface area contributed by atoms with Gasteiger partial charge in [-0.15, -0.1) is 0 Å². The molecule has 1 rings (SSSR count). The average molecular weight is 409 g/mol. The quantitative estimate of drug-likeness (QED) is 0.554. The fraction of sp³-hybridized carbons (Fsp3) is 0.333. The summed E-state index contributed by atoms with van der Waals surface area (Å²) >= 11 is 0. The summed E-state index contributed by atoms with van der Waals surface area (Å²) in [6, 6.07) is 10.3. The molecule has 0 saturated carbocycles. The zero-order valence-electron chi connectivity index (χ0n) is 16.5. The van der Waals surface area contributed by atoms with E-state index >= 15 is 0 Å². The maximum atomic E-state index is 6.46. The van der Waals surface area contributed by atoms with Crippen molar-refractivity contribution in [3.8, 4) is 0 Å². The third-order valence-electron chi connectivity index (χ3n) is 3.42. The van der Waals surface area contributed by atoms with Crippen LogP contribution in [0.25, 0.3) is 0 Å². The summed E-state index contributed by atoms with van der Waals surface area (Å²) in [6.45, 7) is 12.7. The van der Waals surface area contributed by atoms with Crippen LogP contribution in [0.3, 0.4) is 0 Å². The van der Waals surface area contributed by atoms with Gasteiger partial charge in [0.1, 0.15) is 0 Å². The van der Waals surface area contributed by atoms with Crippen LogP contribution in [-0.2, 0) is 12.3 Å². The molecular weight excluding hydrogens is 377 g/mol. The molecule has 1 aromatic carbocycles. The van der Waals surface area contributed by atoms with Crippen LogP contribution in [0, 0.1) is 0 Å². The highest BCUT2D eigenvalue weighted by molar-refractivity contribution is 6.85. The molecule has 1 aromatic rings. The molecule has 0 amide bonds. The highest BCUT2D eigenvalue weighted by atomic mass is 28.5. The molecule has 0 heterocycles. The Balaban J connectivity index is 3.12. The van der Waals surface area contributed by atoms with Crippen molar-refractivity contribution in [1.82, 2.24) is 0 Å². The van der Waals surface area contributed by atoms with E-state index in [1.807, 2.05) is 18.2 Å². The van der Waals surface area contributed by atoms with E-state index in [4.69, 9.17) is 12.3 Å². The summed E-state index contributed by atoms with van der Waals surface area (Å²) < 4.78 is 19.4. The first-order chi connectivity index (χ1) is 11.9. The van der Waals surface area contributed by atoms with Crippen LogP contribution in [0.15, 0.2) is 64.1 Å². The molecule has 3 nitrogen and oxygen atoms in total. The summed E-state index contributed by atoms with van der Waals surface area (Å²) in [5.41, 5.74) is 10.6. The van der Waals surface area contributed by atoms with Crippen molar-refractivity contribution in [3.63, 3.8) is 0 Å². The molecule has 0 aliphatic rings. The van der Waals surface area contributed by atoms with E-state index in [-0.39, 0.29) is 0 Å². The maximum absolute atomic E-state index is 6.46. The number of allylic oxidation sites excluding steroid dienone is 3. The SMILES string of the molecule is CC(C)=C[SiH2]O[Si](O[SiH2]C=C(C)C)(O[SiH2]C=C(C)C)c1ccccc1. The molecule has 0 bridgehead atoms. The molecule has 25 heavy (non-hydrogen) atoms. The molecule has 0 fully saturated rings. The summed E-state index contributed by atoms with van der Waals surface area (Å²) in [6.07, 6.45) is 0. The van der Waals surface area contributed by atoms with Crippen molar-refractivity contribution in [2.45, 2.75) is 41.5 Å². The normalized spacial score (nSPS) is 14.3. The second-order valence-electron chi connectivity index (χ2n) is 6.70. The zero-order chi connectivity index (χ0) is 18.7. The Bertz CT molecular complexity index is 545. The van der Waals surface area contributed by atoms with Crippen LogP contribution < -0.4 is 5.19 Å². The first-order valence-electron chi connectivity index (χ1n) is 8.73. The predicted octanol–water partition coefficient (Wildman–Crippen LogP) is 1.90. The van der Waals surface area contributed by atoms with Gasteiger partial charge in [-0.2, -0.15) is 0 Å². The average Bonchev–Trinajstić information content (AvgIpc) is 2.54. The van der Waals surface area contributed by atoms with Gasteiger partial charge in [-0.1, -0.05) is 64.1 Å². The molecule has 0 atom stereocenters. The van der Waals surface area contributed by atoms with Crippen LogP contribution >= 0.6 is 0 Å². The zero-order valence-corrected chi connectivity index (χ0v) is 21.7. The third kappa shape index (κ3) is 8.91. The largest absolute Gasteiger partial charge is 0.505 e. The summed E-state index contributed by atoms with van der Waals surface area (Å²) in [5, 5.41) is 1.09. The number of hydrogen-bond acceptors (Lipinski definition) is 3. The fourth-order valence-corrected chi connectivity index (χ4v) is 12.5. The molecule has 7 heteroatoms. The van der Waals surface area contributed by atoms with Gasteiger partial charge in [-0.3, -0.25) is 0 Å². The Hall–Kier alpha value is -0.812. The second-order valence-corrected chi connectivity index (χ2v) is 14.1. The third-order valence-corrected chi connectivity index (χ3v) is 14.0. The Labute approximate surface area is 161 Å². The minimum Gasteiger partial charge on any atom is -0.415 e. The summed E-state index contributed by atoms with van der Waals surface area (Å²) in [4.78, 5) is 0. The highest BCUT2D eigenvalue weighted by Gasteiger charge is 2.41. The number of hydrogen-bond donors (Lipinski definition) is 0. The predicted molar refractivity (Wildman–Crippen MR) is 119 cm³/mol. The minimum atomic E-state index is -2.82. The fourth-order valence-electron chi connectivity index (χ4n) is 1.97. The number of rotatable bonds is 10.